The first-order valence-electron chi connectivity index (χ1n) is 12.2. The monoisotopic (exact) mass is 472 g/mol. The largest absolute Gasteiger partial charge is 0.478 e. The van der Waals surface area contributed by atoms with Crippen LogP contribution in [0.5, 0.6) is 0 Å². The minimum absolute atomic E-state index is 0.0108. The summed E-state index contributed by atoms with van der Waals surface area (Å²) in [6.07, 6.45) is -5.77. The molecule has 1 fully saturated rings. The van der Waals surface area contributed by atoms with Crippen molar-refractivity contribution in [3.63, 3.8) is 0 Å². The van der Waals surface area contributed by atoms with E-state index in [9.17, 15) is 9.90 Å². The number of halogens is 2. The average molecular weight is 473 g/mol. The van der Waals surface area contributed by atoms with Gasteiger partial charge in [-0.2, -0.15) is 0 Å². The summed E-state index contributed by atoms with van der Waals surface area (Å²) >= 11 is 0. The molecular weight excluding hydrogens is 434 g/mol. The number of carboxylic acids is 1. The molecule has 3 rings (SSSR count). The summed E-state index contributed by atoms with van der Waals surface area (Å²) in [7, 11) is 0. The Morgan fingerprint density at radius 2 is 0.941 bits per heavy atom. The van der Waals surface area contributed by atoms with E-state index in [1.54, 1.807) is 0 Å². The van der Waals surface area contributed by atoms with Gasteiger partial charge in [-0.25, -0.2) is 13.6 Å². The first kappa shape index (κ1) is 26.0. The van der Waals surface area contributed by atoms with Crippen LogP contribution in [0, 0.1) is 0 Å². The Balaban J connectivity index is 2.34. The Morgan fingerprint density at radius 3 is 1.15 bits per heavy atom. The highest BCUT2D eigenvalue weighted by atomic mass is 19.2. The van der Waals surface area contributed by atoms with Gasteiger partial charge in [0.1, 0.15) is 0 Å². The number of hydrogen-bond donors (Lipinski definition) is 1. The lowest BCUT2D eigenvalue weighted by Gasteiger charge is -2.35. The fourth-order valence-corrected chi connectivity index (χ4v) is 5.02. The molecule has 1 aliphatic rings. The third-order valence-electron chi connectivity index (χ3n) is 6.71. The van der Waals surface area contributed by atoms with Crippen molar-refractivity contribution < 1.29 is 18.7 Å². The van der Waals surface area contributed by atoms with Crippen LogP contribution >= 0.6 is 0 Å². The molecule has 2 atom stereocenters. The standard InChI is InChI=1S/C28H38F2N2O2/c1-15(2)19-11-9-12-20(16(3)4)23(19)31-25(29)26(30)32(27(31)28(33)34)24-21(17(5)6)13-10-14-22(24)18(7)8/h9-18,25-27H,1-8H3,(H,33,34). The van der Waals surface area contributed by atoms with Gasteiger partial charge >= 0.3 is 5.97 Å². The van der Waals surface area contributed by atoms with Gasteiger partial charge in [-0.05, 0) is 45.9 Å². The second-order valence-corrected chi connectivity index (χ2v) is 10.5. The number of carboxylic acid groups (broad SMARTS) is 1. The fraction of sp³-hybridized carbons (Fsp3) is 0.536. The van der Waals surface area contributed by atoms with Crippen molar-refractivity contribution in [1.29, 1.82) is 0 Å². The summed E-state index contributed by atoms with van der Waals surface area (Å²) in [6.45, 7) is 15.9. The maximum absolute atomic E-state index is 16.0. The van der Waals surface area contributed by atoms with Gasteiger partial charge in [-0.3, -0.25) is 0 Å². The number of carbonyl (C=O) groups is 1. The van der Waals surface area contributed by atoms with Crippen LogP contribution in [-0.4, -0.2) is 29.8 Å². The van der Waals surface area contributed by atoms with Crippen molar-refractivity contribution in [2.75, 3.05) is 9.80 Å². The minimum Gasteiger partial charge on any atom is -0.478 e. The molecule has 1 heterocycles. The van der Waals surface area contributed by atoms with E-state index in [2.05, 4.69) is 0 Å². The Hall–Kier alpha value is -2.63. The maximum atomic E-state index is 16.0. The summed E-state index contributed by atoms with van der Waals surface area (Å²) in [5.41, 5.74) is 4.24. The van der Waals surface area contributed by atoms with Gasteiger partial charge in [-0.1, -0.05) is 91.8 Å². The second-order valence-electron chi connectivity index (χ2n) is 10.5. The molecule has 0 radical (unpaired) electrons. The predicted octanol–water partition coefficient (Wildman–Crippen LogP) is 7.51. The second kappa shape index (κ2) is 9.93. The molecule has 6 heteroatoms. The molecule has 0 spiro atoms. The molecule has 0 saturated carbocycles. The molecule has 2 unspecified atom stereocenters. The Labute approximate surface area is 202 Å². The SMILES string of the molecule is CC(C)c1cccc(C(C)C)c1N1C(F)C(F)N(c2c(C(C)C)cccc2C(C)C)C1C(=O)O. The van der Waals surface area contributed by atoms with E-state index in [0.717, 1.165) is 22.3 Å². The smallest absolute Gasteiger partial charge is 0.347 e. The summed E-state index contributed by atoms with van der Waals surface area (Å²) in [5, 5.41) is 10.4. The summed E-state index contributed by atoms with van der Waals surface area (Å²) in [4.78, 5) is 15.1. The number of aliphatic carboxylic acids is 1. The molecule has 186 valence electrons. The zero-order valence-corrected chi connectivity index (χ0v) is 21.5. The van der Waals surface area contributed by atoms with Gasteiger partial charge in [0, 0.05) is 11.4 Å². The van der Waals surface area contributed by atoms with Crippen molar-refractivity contribution in [2.24, 2.45) is 0 Å². The number of alkyl halides is 2. The highest BCUT2D eigenvalue weighted by Gasteiger charge is 2.54. The van der Waals surface area contributed by atoms with Crippen LogP contribution in [-0.2, 0) is 4.79 Å². The number of anilines is 2. The quantitative estimate of drug-likeness (QED) is 0.424. The Kier molecular flexibility index (Phi) is 7.59. The number of benzene rings is 2. The van der Waals surface area contributed by atoms with Gasteiger partial charge in [0.2, 0.25) is 18.8 Å². The van der Waals surface area contributed by atoms with E-state index >= 15 is 8.78 Å². The zero-order valence-electron chi connectivity index (χ0n) is 21.5. The zero-order chi connectivity index (χ0) is 25.5. The van der Waals surface area contributed by atoms with Crippen LogP contribution in [0.2, 0.25) is 0 Å². The number of nitrogens with zero attached hydrogens (tertiary/aromatic N) is 2. The number of hydrogen-bond acceptors (Lipinski definition) is 3. The highest BCUT2D eigenvalue weighted by molar-refractivity contribution is 5.87. The molecule has 1 N–H and O–H groups in total. The minimum atomic E-state index is -2.13. The maximum Gasteiger partial charge on any atom is 0.347 e. The molecule has 2 aromatic rings. The van der Waals surface area contributed by atoms with Gasteiger partial charge < -0.3 is 14.9 Å². The first-order chi connectivity index (χ1) is 15.9. The summed E-state index contributed by atoms with van der Waals surface area (Å²) < 4.78 is 32.0. The van der Waals surface area contributed by atoms with Crippen molar-refractivity contribution in [3.8, 4) is 0 Å². The topological polar surface area (TPSA) is 43.8 Å². The van der Waals surface area contributed by atoms with E-state index in [1.165, 1.54) is 9.80 Å². The molecule has 1 aliphatic heterocycles. The van der Waals surface area contributed by atoms with Crippen molar-refractivity contribution in [1.82, 2.24) is 0 Å². The van der Waals surface area contributed by atoms with Crippen molar-refractivity contribution >= 4 is 17.3 Å². The van der Waals surface area contributed by atoms with E-state index in [1.807, 2.05) is 91.8 Å². The van der Waals surface area contributed by atoms with Gasteiger partial charge in [0.05, 0.1) is 0 Å². The van der Waals surface area contributed by atoms with E-state index < -0.39 is 24.7 Å². The van der Waals surface area contributed by atoms with Gasteiger partial charge in [0.25, 0.3) is 0 Å². The molecule has 2 aromatic carbocycles. The molecule has 1 saturated heterocycles. The lowest BCUT2D eigenvalue weighted by molar-refractivity contribution is -0.138. The molecule has 0 bridgehead atoms. The fourth-order valence-electron chi connectivity index (χ4n) is 5.02. The third-order valence-corrected chi connectivity index (χ3v) is 6.71. The van der Waals surface area contributed by atoms with Crippen LogP contribution in [0.15, 0.2) is 36.4 Å². The van der Waals surface area contributed by atoms with Gasteiger partial charge in [0.15, 0.2) is 0 Å². The lowest BCUT2D eigenvalue weighted by atomic mass is 9.91. The average Bonchev–Trinajstić information content (AvgIpc) is 3.02. The van der Waals surface area contributed by atoms with Crippen LogP contribution < -0.4 is 9.80 Å². The van der Waals surface area contributed by atoms with E-state index in [4.69, 9.17) is 0 Å². The molecular formula is C28H38F2N2O2. The Bertz CT molecular complexity index is 907. The Morgan fingerprint density at radius 1 is 0.676 bits per heavy atom. The lowest BCUT2D eigenvalue weighted by Crippen LogP contribution is -2.48. The van der Waals surface area contributed by atoms with Crippen LogP contribution in [0.3, 0.4) is 0 Å². The first-order valence-corrected chi connectivity index (χ1v) is 12.2. The highest BCUT2D eigenvalue weighted by Crippen LogP contribution is 2.47. The molecule has 4 nitrogen and oxygen atoms in total. The third kappa shape index (κ3) is 4.39. The van der Waals surface area contributed by atoms with E-state index in [-0.39, 0.29) is 23.7 Å². The van der Waals surface area contributed by atoms with Crippen LogP contribution in [0.25, 0.3) is 0 Å². The molecule has 0 aliphatic carbocycles. The molecule has 0 aromatic heterocycles. The van der Waals surface area contributed by atoms with Crippen molar-refractivity contribution in [2.45, 2.75) is 97.8 Å². The normalized spacial score (nSPS) is 20.9. The number of para-hydroxylation sites is 2. The van der Waals surface area contributed by atoms with Crippen LogP contribution in [0.1, 0.15) is 101 Å². The molecule has 34 heavy (non-hydrogen) atoms. The van der Waals surface area contributed by atoms with Crippen LogP contribution in [0.4, 0.5) is 20.2 Å². The predicted molar refractivity (Wildman–Crippen MR) is 135 cm³/mol. The van der Waals surface area contributed by atoms with Gasteiger partial charge in [-0.15, -0.1) is 0 Å². The number of rotatable bonds is 7. The summed E-state index contributed by atoms with van der Waals surface area (Å²) in [6, 6.07) is 11.3. The molecule has 0 amide bonds. The summed E-state index contributed by atoms with van der Waals surface area (Å²) in [5.74, 6) is -1.23. The van der Waals surface area contributed by atoms with E-state index in [0.29, 0.717) is 11.4 Å². The van der Waals surface area contributed by atoms with Crippen molar-refractivity contribution in [3.05, 3.63) is 58.7 Å².